The first-order valence-corrected chi connectivity index (χ1v) is 13.8. The van der Waals surface area contributed by atoms with Crippen LogP contribution in [-0.4, -0.2) is 85.7 Å². The molecule has 2 atom stereocenters. The Bertz CT molecular complexity index is 1360. The fourth-order valence-corrected chi connectivity index (χ4v) is 5.43. The van der Waals surface area contributed by atoms with Crippen LogP contribution in [0.15, 0.2) is 23.0 Å². The molecule has 0 radical (unpaired) electrons. The molecule has 0 spiro atoms. The monoisotopic (exact) mass is 557 g/mol. The summed E-state index contributed by atoms with van der Waals surface area (Å²) in [6.07, 6.45) is 3.49. The van der Waals surface area contributed by atoms with E-state index < -0.39 is 35.7 Å². The lowest BCUT2D eigenvalue weighted by Crippen LogP contribution is -2.59. The maximum Gasteiger partial charge on any atom is 0.411 e. The quantitative estimate of drug-likeness (QED) is 0.371. The number of benzene rings is 1. The first-order valence-electron chi connectivity index (χ1n) is 13.8. The van der Waals surface area contributed by atoms with Crippen LogP contribution in [0, 0.1) is 0 Å². The minimum Gasteiger partial charge on any atom is -0.480 e. The molecular formula is C28H39N5O7. The molecule has 2 aliphatic rings. The Balaban J connectivity index is 1.29. The van der Waals surface area contributed by atoms with Gasteiger partial charge in [-0.05, 0) is 70.7 Å². The highest BCUT2D eigenvalue weighted by atomic mass is 16.6. The molecule has 2 aliphatic heterocycles. The van der Waals surface area contributed by atoms with Crippen molar-refractivity contribution in [2.45, 2.75) is 77.0 Å². The van der Waals surface area contributed by atoms with Crippen molar-refractivity contribution in [2.24, 2.45) is 7.05 Å². The predicted octanol–water partition coefficient (Wildman–Crippen LogP) is 2.04. The third kappa shape index (κ3) is 6.55. The van der Waals surface area contributed by atoms with Crippen LogP contribution in [0.25, 0.3) is 11.0 Å². The summed E-state index contributed by atoms with van der Waals surface area (Å²) in [7, 11) is 1.68. The molecule has 2 aromatic rings. The van der Waals surface area contributed by atoms with Crippen molar-refractivity contribution in [1.82, 2.24) is 24.3 Å². The lowest BCUT2D eigenvalue weighted by atomic mass is 10.0. The molecule has 2 N–H and O–H groups in total. The number of carboxylic acids is 1. The number of carbonyl (C=O) groups is 4. The normalized spacial score (nSPS) is 20.6. The number of imidazole rings is 1. The Hall–Kier alpha value is -3.67. The number of aryl methyl sites for hydroxylation is 2. The summed E-state index contributed by atoms with van der Waals surface area (Å²) in [5, 5.41) is 12.0. The molecule has 218 valence electrons. The van der Waals surface area contributed by atoms with Gasteiger partial charge in [-0.25, -0.2) is 14.4 Å². The highest BCUT2D eigenvalue weighted by Crippen LogP contribution is 2.24. The number of hydrogen-bond donors (Lipinski definition) is 2. The zero-order chi connectivity index (χ0) is 29.2. The summed E-state index contributed by atoms with van der Waals surface area (Å²) in [5.41, 5.74) is 1.53. The van der Waals surface area contributed by atoms with Crippen molar-refractivity contribution in [1.29, 1.82) is 0 Å². The number of carboxylic acid groups (broad SMARTS) is 1. The van der Waals surface area contributed by atoms with Crippen LogP contribution in [0.1, 0.15) is 64.5 Å². The number of piperidine rings is 1. The van der Waals surface area contributed by atoms with E-state index in [0.29, 0.717) is 25.0 Å². The highest BCUT2D eigenvalue weighted by Gasteiger charge is 2.37. The number of hydrogen-bond acceptors (Lipinski definition) is 7. The fourth-order valence-electron chi connectivity index (χ4n) is 5.43. The molecule has 1 unspecified atom stereocenters. The average Bonchev–Trinajstić information content (AvgIpc) is 3.12. The molecule has 12 nitrogen and oxygen atoms in total. The van der Waals surface area contributed by atoms with Crippen molar-refractivity contribution in [2.75, 3.05) is 26.2 Å². The lowest BCUT2D eigenvalue weighted by Gasteiger charge is -2.39. The van der Waals surface area contributed by atoms with Gasteiger partial charge in [0.05, 0.1) is 11.0 Å². The van der Waals surface area contributed by atoms with Gasteiger partial charge in [-0.2, -0.15) is 0 Å². The van der Waals surface area contributed by atoms with Crippen molar-refractivity contribution in [3.05, 3.63) is 34.2 Å². The number of piperazine rings is 1. The first kappa shape index (κ1) is 29.3. The molecule has 4 rings (SSSR count). The summed E-state index contributed by atoms with van der Waals surface area (Å²) >= 11 is 0. The zero-order valence-corrected chi connectivity index (χ0v) is 23.6. The minimum absolute atomic E-state index is 0.202. The Morgan fingerprint density at radius 2 is 1.82 bits per heavy atom. The summed E-state index contributed by atoms with van der Waals surface area (Å²) in [6, 6.07) is 4.18. The standard InChI is InChI=1S/C28H39N5O7/c1-28(2,3)40-27(39)32-15-14-31(17-22(32)25(36)37)13-7-5-6-8-18-9-10-19-21(16-18)30(4)26(38)33(19)20-11-12-23(34)29-24(20)35/h9-10,16,20,22H,5-8,11-15,17H2,1-4H3,(H,36,37)(H,29,34,35)/t20?,22-/m0/s1. The largest absolute Gasteiger partial charge is 0.480 e. The van der Waals surface area contributed by atoms with Crippen molar-refractivity contribution < 1.29 is 29.0 Å². The van der Waals surface area contributed by atoms with Crippen LogP contribution in [-0.2, 0) is 32.6 Å². The number of amides is 3. The maximum absolute atomic E-state index is 13.0. The molecule has 12 heteroatoms. The SMILES string of the molecule is Cn1c(=O)n(C2CCC(=O)NC2=O)c2ccc(CCCCCN3CCN(C(=O)OC(C)(C)C)[C@H](C(=O)O)C3)cc21. The predicted molar refractivity (Wildman–Crippen MR) is 147 cm³/mol. The third-order valence-electron chi connectivity index (χ3n) is 7.49. The smallest absolute Gasteiger partial charge is 0.411 e. The molecule has 3 amide bonds. The highest BCUT2D eigenvalue weighted by molar-refractivity contribution is 6.00. The number of unbranched alkanes of at least 4 members (excludes halogenated alkanes) is 2. The molecule has 0 bridgehead atoms. The molecular weight excluding hydrogens is 518 g/mol. The van der Waals surface area contributed by atoms with Crippen molar-refractivity contribution >= 4 is 34.9 Å². The van der Waals surface area contributed by atoms with Gasteiger partial charge in [0, 0.05) is 33.1 Å². The number of imide groups is 1. The van der Waals surface area contributed by atoms with Gasteiger partial charge in [0.25, 0.3) is 0 Å². The van der Waals surface area contributed by atoms with Gasteiger partial charge in [-0.15, -0.1) is 0 Å². The second kappa shape index (κ2) is 11.8. The average molecular weight is 558 g/mol. The number of ether oxygens (including phenoxy) is 1. The second-order valence-electron chi connectivity index (χ2n) is 11.6. The van der Waals surface area contributed by atoms with Crippen molar-refractivity contribution in [3.8, 4) is 0 Å². The molecule has 0 aliphatic carbocycles. The number of aromatic nitrogens is 2. The van der Waals surface area contributed by atoms with E-state index >= 15 is 0 Å². The lowest BCUT2D eigenvalue weighted by molar-refractivity contribution is -0.145. The van der Waals surface area contributed by atoms with E-state index in [0.717, 1.165) is 43.3 Å². The van der Waals surface area contributed by atoms with Gasteiger partial charge < -0.3 is 9.84 Å². The zero-order valence-electron chi connectivity index (χ0n) is 23.6. The molecule has 2 saturated heterocycles. The summed E-state index contributed by atoms with van der Waals surface area (Å²) in [5.74, 6) is -1.80. The van der Waals surface area contributed by atoms with Gasteiger partial charge in [-0.1, -0.05) is 12.5 Å². The number of rotatable bonds is 8. The number of fused-ring (bicyclic) bond motifs is 1. The van der Waals surface area contributed by atoms with Gasteiger partial charge in [-0.3, -0.25) is 33.8 Å². The van der Waals surface area contributed by atoms with Crippen LogP contribution in [0.2, 0.25) is 0 Å². The molecule has 0 saturated carbocycles. The Labute approximate surface area is 232 Å². The van der Waals surface area contributed by atoms with E-state index in [4.69, 9.17) is 4.74 Å². The fraction of sp³-hybridized carbons (Fsp3) is 0.607. The number of nitrogens with zero attached hydrogens (tertiary/aromatic N) is 4. The van der Waals surface area contributed by atoms with E-state index in [1.54, 1.807) is 32.4 Å². The van der Waals surface area contributed by atoms with Crippen LogP contribution >= 0.6 is 0 Å². The number of aliphatic carboxylic acids is 1. The van der Waals surface area contributed by atoms with E-state index in [2.05, 4.69) is 10.2 Å². The van der Waals surface area contributed by atoms with Gasteiger partial charge >= 0.3 is 17.8 Å². The van der Waals surface area contributed by atoms with E-state index in [1.165, 1.54) is 9.47 Å². The maximum atomic E-state index is 13.0. The number of nitrogens with one attached hydrogen (secondary N) is 1. The molecule has 1 aromatic heterocycles. The van der Waals surface area contributed by atoms with Gasteiger partial charge in [0.2, 0.25) is 11.8 Å². The summed E-state index contributed by atoms with van der Waals surface area (Å²) in [6.45, 7) is 7.19. The Morgan fingerprint density at radius 3 is 2.50 bits per heavy atom. The van der Waals surface area contributed by atoms with Crippen LogP contribution in [0.3, 0.4) is 0 Å². The van der Waals surface area contributed by atoms with Crippen LogP contribution < -0.4 is 11.0 Å². The Morgan fingerprint density at radius 1 is 1.07 bits per heavy atom. The third-order valence-corrected chi connectivity index (χ3v) is 7.49. The van der Waals surface area contributed by atoms with Gasteiger partial charge in [0.15, 0.2) is 0 Å². The topological polar surface area (TPSA) is 143 Å². The molecule has 3 heterocycles. The molecule has 40 heavy (non-hydrogen) atoms. The Kier molecular flexibility index (Phi) is 8.67. The van der Waals surface area contributed by atoms with Crippen LogP contribution in [0.5, 0.6) is 0 Å². The number of carbonyl (C=O) groups excluding carboxylic acids is 3. The second-order valence-corrected chi connectivity index (χ2v) is 11.6. The molecule has 2 fully saturated rings. The van der Waals surface area contributed by atoms with Crippen molar-refractivity contribution in [3.63, 3.8) is 0 Å². The van der Waals surface area contributed by atoms with Gasteiger partial charge in [0.1, 0.15) is 17.7 Å². The molecule has 1 aromatic carbocycles. The van der Waals surface area contributed by atoms with E-state index in [1.807, 2.05) is 18.2 Å². The van der Waals surface area contributed by atoms with E-state index in [9.17, 15) is 29.1 Å². The van der Waals surface area contributed by atoms with E-state index in [-0.39, 0.29) is 24.6 Å². The minimum atomic E-state index is -1.04. The van der Waals surface area contributed by atoms with Crippen LogP contribution in [0.4, 0.5) is 4.79 Å². The summed E-state index contributed by atoms with van der Waals surface area (Å²) < 4.78 is 8.40. The summed E-state index contributed by atoms with van der Waals surface area (Å²) in [4.78, 5) is 64.6. The first-order chi connectivity index (χ1) is 18.9.